The molecule has 0 radical (unpaired) electrons. The molecule has 0 amide bonds. The van der Waals surface area contributed by atoms with Crippen LogP contribution in [0.25, 0.3) is 11.1 Å². The van der Waals surface area contributed by atoms with E-state index in [-0.39, 0.29) is 30.0 Å². The summed E-state index contributed by atoms with van der Waals surface area (Å²) in [5.74, 6) is -1.12. The number of fused-ring (bicyclic) bond motifs is 1. The first-order valence-electron chi connectivity index (χ1n) is 9.03. The molecule has 0 aromatic heterocycles. The number of nitrogens with zero attached hydrogens (tertiary/aromatic N) is 2. The SMILES string of the molecule is CCOC(=O)c1c2cccccc-2c(C(=O)OCC)c1N=Nc1ccccc1. The van der Waals surface area contributed by atoms with Crippen molar-refractivity contribution >= 4 is 23.3 Å². The Bertz CT molecular complexity index is 930. The Morgan fingerprint density at radius 2 is 1.18 bits per heavy atom. The third kappa shape index (κ3) is 3.91. The second-order valence-corrected chi connectivity index (χ2v) is 5.81. The number of carbonyl (C=O) groups excluding carboxylic acids is 2. The Balaban J connectivity index is 2.27. The van der Waals surface area contributed by atoms with Crippen molar-refractivity contribution in [3.05, 3.63) is 71.8 Å². The third-order valence-corrected chi connectivity index (χ3v) is 4.03. The van der Waals surface area contributed by atoms with Gasteiger partial charge in [0.2, 0.25) is 0 Å². The molecule has 0 saturated carbocycles. The molecule has 1 aromatic rings. The number of rotatable bonds is 6. The molecule has 0 heterocycles. The van der Waals surface area contributed by atoms with E-state index in [4.69, 9.17) is 9.47 Å². The smallest absolute Gasteiger partial charge is 0.341 e. The van der Waals surface area contributed by atoms with Gasteiger partial charge in [0.05, 0.1) is 30.0 Å². The molecule has 2 aliphatic carbocycles. The second-order valence-electron chi connectivity index (χ2n) is 5.81. The van der Waals surface area contributed by atoms with Crippen molar-refractivity contribution in [2.24, 2.45) is 10.2 Å². The van der Waals surface area contributed by atoms with E-state index in [1.165, 1.54) is 0 Å². The van der Waals surface area contributed by atoms with E-state index in [1.54, 1.807) is 50.2 Å². The van der Waals surface area contributed by atoms with Crippen LogP contribution in [-0.4, -0.2) is 25.2 Å². The summed E-state index contributed by atoms with van der Waals surface area (Å²) < 4.78 is 10.4. The summed E-state index contributed by atoms with van der Waals surface area (Å²) in [7, 11) is 0. The zero-order valence-electron chi connectivity index (χ0n) is 15.7. The molecule has 0 atom stereocenters. The van der Waals surface area contributed by atoms with Crippen LogP contribution in [-0.2, 0) is 9.47 Å². The Hall–Kier alpha value is -3.54. The summed E-state index contributed by atoms with van der Waals surface area (Å²) in [4.78, 5) is 25.4. The Kier molecular flexibility index (Phi) is 6.11. The molecule has 142 valence electrons. The number of esters is 2. The van der Waals surface area contributed by atoms with Crippen molar-refractivity contribution in [1.29, 1.82) is 0 Å². The fraction of sp³-hybridized carbons (Fsp3) is 0.182. The number of hydrogen-bond donors (Lipinski definition) is 0. The van der Waals surface area contributed by atoms with E-state index in [1.807, 2.05) is 24.3 Å². The van der Waals surface area contributed by atoms with Gasteiger partial charge in [0.1, 0.15) is 5.69 Å². The molecule has 28 heavy (non-hydrogen) atoms. The molecule has 0 spiro atoms. The van der Waals surface area contributed by atoms with Crippen molar-refractivity contribution in [1.82, 2.24) is 0 Å². The zero-order valence-corrected chi connectivity index (χ0v) is 15.7. The molecular formula is C22H20N2O4. The summed E-state index contributed by atoms with van der Waals surface area (Å²) in [6.45, 7) is 3.85. The summed E-state index contributed by atoms with van der Waals surface area (Å²) in [5.41, 5.74) is 2.29. The van der Waals surface area contributed by atoms with Crippen LogP contribution in [0.5, 0.6) is 0 Å². The van der Waals surface area contributed by atoms with E-state index >= 15 is 0 Å². The maximum atomic E-state index is 12.7. The first-order chi connectivity index (χ1) is 13.7. The molecule has 0 saturated heterocycles. The number of carbonyl (C=O) groups is 2. The minimum absolute atomic E-state index is 0.155. The predicted molar refractivity (Wildman–Crippen MR) is 106 cm³/mol. The highest BCUT2D eigenvalue weighted by Gasteiger charge is 2.32. The number of benzene rings is 1. The van der Waals surface area contributed by atoms with Crippen LogP contribution in [0.4, 0.5) is 11.4 Å². The highest BCUT2D eigenvalue weighted by molar-refractivity contribution is 6.15. The summed E-state index contributed by atoms with van der Waals surface area (Å²) in [6, 6.07) is 18.0. The average molecular weight is 376 g/mol. The van der Waals surface area contributed by atoms with Crippen molar-refractivity contribution in [3.63, 3.8) is 0 Å². The van der Waals surface area contributed by atoms with Gasteiger partial charge in [-0.2, -0.15) is 5.11 Å². The topological polar surface area (TPSA) is 77.3 Å². The number of azo groups is 1. The molecule has 0 aliphatic heterocycles. The third-order valence-electron chi connectivity index (χ3n) is 4.03. The van der Waals surface area contributed by atoms with Gasteiger partial charge in [-0.05, 0) is 37.1 Å². The molecule has 6 nitrogen and oxygen atoms in total. The Labute approximate surface area is 163 Å². The van der Waals surface area contributed by atoms with Gasteiger partial charge < -0.3 is 9.47 Å². The standard InChI is InChI=1S/C22H20N2O4/c1-3-27-21(25)18-16-13-9-6-10-14-17(16)19(22(26)28-4-2)20(18)24-23-15-11-7-5-8-12-15/h5-14H,3-4H2,1-2H3. The second kappa shape index (κ2) is 8.90. The average Bonchev–Trinajstić information content (AvgIpc) is 2.82. The molecule has 6 heteroatoms. The van der Waals surface area contributed by atoms with Crippen molar-refractivity contribution in [2.75, 3.05) is 13.2 Å². The van der Waals surface area contributed by atoms with Crippen LogP contribution in [0.1, 0.15) is 34.6 Å². The van der Waals surface area contributed by atoms with Crippen molar-refractivity contribution in [2.45, 2.75) is 13.8 Å². The summed E-state index contributed by atoms with van der Waals surface area (Å²) in [6.07, 6.45) is 0. The van der Waals surface area contributed by atoms with Crippen molar-refractivity contribution in [3.8, 4) is 11.1 Å². The van der Waals surface area contributed by atoms with Crippen LogP contribution in [0, 0.1) is 0 Å². The van der Waals surface area contributed by atoms with E-state index in [0.29, 0.717) is 16.8 Å². The van der Waals surface area contributed by atoms with Crippen LogP contribution >= 0.6 is 0 Å². The lowest BCUT2D eigenvalue weighted by molar-refractivity contribution is 0.0525. The maximum Gasteiger partial charge on any atom is 0.341 e. The lowest BCUT2D eigenvalue weighted by Gasteiger charge is -2.03. The minimum Gasteiger partial charge on any atom is -0.462 e. The van der Waals surface area contributed by atoms with Crippen LogP contribution in [0.2, 0.25) is 0 Å². The largest absolute Gasteiger partial charge is 0.462 e. The molecule has 0 unspecified atom stereocenters. The van der Waals surface area contributed by atoms with Gasteiger partial charge >= 0.3 is 11.9 Å². The molecule has 2 aliphatic rings. The lowest BCUT2D eigenvalue weighted by atomic mass is 10.1. The molecule has 3 rings (SSSR count). The quantitative estimate of drug-likeness (QED) is 0.417. The van der Waals surface area contributed by atoms with Gasteiger partial charge in [0.25, 0.3) is 0 Å². The summed E-state index contributed by atoms with van der Waals surface area (Å²) >= 11 is 0. The summed E-state index contributed by atoms with van der Waals surface area (Å²) in [5, 5.41) is 8.47. The first-order valence-corrected chi connectivity index (χ1v) is 9.03. The van der Waals surface area contributed by atoms with E-state index in [0.717, 1.165) is 0 Å². The predicted octanol–water partition coefficient (Wildman–Crippen LogP) is 5.56. The highest BCUT2D eigenvalue weighted by Crippen LogP contribution is 2.43. The van der Waals surface area contributed by atoms with Crippen molar-refractivity contribution < 1.29 is 19.1 Å². The monoisotopic (exact) mass is 376 g/mol. The fourth-order valence-electron chi connectivity index (χ4n) is 2.89. The van der Waals surface area contributed by atoms with Gasteiger partial charge in [-0.1, -0.05) is 48.5 Å². The van der Waals surface area contributed by atoms with E-state index < -0.39 is 11.9 Å². The molecule has 1 aromatic carbocycles. The lowest BCUT2D eigenvalue weighted by Crippen LogP contribution is -2.06. The van der Waals surface area contributed by atoms with Crippen LogP contribution in [0.3, 0.4) is 0 Å². The molecule has 0 bridgehead atoms. The van der Waals surface area contributed by atoms with E-state index in [2.05, 4.69) is 10.2 Å². The highest BCUT2D eigenvalue weighted by atomic mass is 16.5. The van der Waals surface area contributed by atoms with Gasteiger partial charge in [-0.15, -0.1) is 5.11 Å². The maximum absolute atomic E-state index is 12.7. The van der Waals surface area contributed by atoms with Gasteiger partial charge in [-0.3, -0.25) is 0 Å². The Morgan fingerprint density at radius 1 is 0.714 bits per heavy atom. The van der Waals surface area contributed by atoms with Crippen LogP contribution in [0.15, 0.2) is 70.9 Å². The minimum atomic E-state index is -0.559. The number of hydrogen-bond acceptors (Lipinski definition) is 6. The normalized spacial score (nSPS) is 10.9. The molecule has 0 N–H and O–H groups in total. The van der Waals surface area contributed by atoms with Gasteiger partial charge in [0, 0.05) is 0 Å². The molecular weight excluding hydrogens is 356 g/mol. The Morgan fingerprint density at radius 3 is 1.64 bits per heavy atom. The van der Waals surface area contributed by atoms with Crippen LogP contribution < -0.4 is 0 Å². The van der Waals surface area contributed by atoms with Gasteiger partial charge in [0.15, 0.2) is 0 Å². The number of ether oxygens (including phenoxy) is 2. The van der Waals surface area contributed by atoms with Gasteiger partial charge in [-0.25, -0.2) is 9.59 Å². The molecule has 0 fully saturated rings. The zero-order chi connectivity index (χ0) is 19.9. The first kappa shape index (κ1) is 19.2. The fourth-order valence-corrected chi connectivity index (χ4v) is 2.89. The van der Waals surface area contributed by atoms with E-state index in [9.17, 15) is 9.59 Å².